The number of hydrazone groups is 1. The molecular weight excluding hydrogens is 404 g/mol. The maximum atomic E-state index is 12.1. The molecule has 32 heavy (non-hydrogen) atoms. The highest BCUT2D eigenvalue weighted by Crippen LogP contribution is 2.28. The van der Waals surface area contributed by atoms with Gasteiger partial charge in [-0.3, -0.25) is 9.59 Å². The molecule has 0 spiro atoms. The van der Waals surface area contributed by atoms with Crippen LogP contribution in [0.1, 0.15) is 33.6 Å². The van der Waals surface area contributed by atoms with Gasteiger partial charge >= 0.3 is 11.8 Å². The van der Waals surface area contributed by atoms with Crippen molar-refractivity contribution in [3.8, 4) is 11.4 Å². The van der Waals surface area contributed by atoms with E-state index in [0.717, 1.165) is 45.1 Å². The molecule has 0 radical (unpaired) electrons. The average Bonchev–Trinajstić information content (AvgIpc) is 3.03. The zero-order chi connectivity index (χ0) is 23.4. The molecule has 2 aromatic carbocycles. The molecule has 0 aliphatic rings. The number of amides is 2. The number of carbonyl (C=O) groups excluding carboxylic acids is 2. The van der Waals surface area contributed by atoms with E-state index >= 15 is 0 Å². The van der Waals surface area contributed by atoms with E-state index in [0.29, 0.717) is 5.69 Å². The van der Waals surface area contributed by atoms with Gasteiger partial charge in [0, 0.05) is 22.6 Å². The Labute approximate surface area is 188 Å². The lowest BCUT2D eigenvalue weighted by molar-refractivity contribution is -0.136. The van der Waals surface area contributed by atoms with E-state index in [1.807, 2.05) is 65.0 Å². The first-order valence-corrected chi connectivity index (χ1v) is 10.3. The van der Waals surface area contributed by atoms with Gasteiger partial charge in [0.15, 0.2) is 0 Å². The number of aromatic nitrogens is 1. The second-order valence-corrected chi connectivity index (χ2v) is 7.79. The van der Waals surface area contributed by atoms with E-state index < -0.39 is 11.8 Å². The normalized spacial score (nSPS) is 10.9. The molecule has 0 bridgehead atoms. The van der Waals surface area contributed by atoms with Gasteiger partial charge in [-0.05, 0) is 81.6 Å². The van der Waals surface area contributed by atoms with Crippen molar-refractivity contribution in [2.24, 2.45) is 5.10 Å². The molecular formula is C25H28N4O3. The number of hydrogen-bond acceptors (Lipinski definition) is 4. The van der Waals surface area contributed by atoms with Crippen molar-refractivity contribution in [2.45, 2.75) is 34.6 Å². The van der Waals surface area contributed by atoms with Gasteiger partial charge in [-0.2, -0.15) is 5.10 Å². The number of ether oxygens (including phenoxy) is 1. The Hall–Kier alpha value is -3.87. The van der Waals surface area contributed by atoms with Crippen LogP contribution in [0.25, 0.3) is 5.69 Å². The quantitative estimate of drug-likeness (QED) is 0.361. The van der Waals surface area contributed by atoms with Crippen LogP contribution in [0.3, 0.4) is 0 Å². The Morgan fingerprint density at radius 3 is 2.38 bits per heavy atom. The van der Waals surface area contributed by atoms with Gasteiger partial charge in [0.25, 0.3) is 0 Å². The van der Waals surface area contributed by atoms with Crippen LogP contribution in [0.5, 0.6) is 5.75 Å². The number of carbonyl (C=O) groups is 2. The fourth-order valence-electron chi connectivity index (χ4n) is 3.48. The van der Waals surface area contributed by atoms with Crippen molar-refractivity contribution in [1.29, 1.82) is 0 Å². The van der Waals surface area contributed by atoms with E-state index in [4.69, 9.17) is 4.74 Å². The highest BCUT2D eigenvalue weighted by atomic mass is 16.5. The molecule has 0 saturated carbocycles. The summed E-state index contributed by atoms with van der Waals surface area (Å²) in [5.74, 6) is -0.855. The van der Waals surface area contributed by atoms with E-state index in [1.165, 1.54) is 6.21 Å². The minimum Gasteiger partial charge on any atom is -0.495 e. The summed E-state index contributed by atoms with van der Waals surface area (Å²) < 4.78 is 7.59. The summed E-state index contributed by atoms with van der Waals surface area (Å²) in [6, 6.07) is 13.4. The van der Waals surface area contributed by atoms with E-state index in [1.54, 1.807) is 13.2 Å². The third-order valence-corrected chi connectivity index (χ3v) is 5.39. The Morgan fingerprint density at radius 1 is 0.938 bits per heavy atom. The molecule has 166 valence electrons. The third kappa shape index (κ3) is 4.88. The zero-order valence-corrected chi connectivity index (χ0v) is 19.2. The number of methoxy groups -OCH3 is 1. The lowest BCUT2D eigenvalue weighted by Gasteiger charge is -2.14. The average molecular weight is 433 g/mol. The summed E-state index contributed by atoms with van der Waals surface area (Å²) in [6.07, 6.45) is 1.53. The Morgan fingerprint density at radius 2 is 1.69 bits per heavy atom. The highest BCUT2D eigenvalue weighted by molar-refractivity contribution is 6.39. The summed E-state index contributed by atoms with van der Waals surface area (Å²) in [6.45, 7) is 9.90. The first-order valence-electron chi connectivity index (χ1n) is 10.3. The topological polar surface area (TPSA) is 84.7 Å². The molecule has 0 fully saturated rings. The maximum absolute atomic E-state index is 12.1. The molecule has 1 aromatic heterocycles. The molecule has 0 aliphatic carbocycles. The summed E-state index contributed by atoms with van der Waals surface area (Å²) >= 11 is 0. The fourth-order valence-corrected chi connectivity index (χ4v) is 3.48. The van der Waals surface area contributed by atoms with Crippen LogP contribution in [0.2, 0.25) is 0 Å². The monoisotopic (exact) mass is 432 g/mol. The lowest BCUT2D eigenvalue weighted by Crippen LogP contribution is -2.32. The summed E-state index contributed by atoms with van der Waals surface area (Å²) in [5.41, 5.74) is 9.78. The number of benzene rings is 2. The van der Waals surface area contributed by atoms with E-state index in [-0.39, 0.29) is 0 Å². The van der Waals surface area contributed by atoms with Crippen LogP contribution in [-0.2, 0) is 9.59 Å². The van der Waals surface area contributed by atoms with Crippen LogP contribution in [-0.4, -0.2) is 29.7 Å². The molecule has 7 nitrogen and oxygen atoms in total. The fraction of sp³-hybridized carbons (Fsp3) is 0.240. The van der Waals surface area contributed by atoms with Crippen molar-refractivity contribution >= 4 is 23.7 Å². The third-order valence-electron chi connectivity index (χ3n) is 5.39. The van der Waals surface area contributed by atoms with Gasteiger partial charge in [0.1, 0.15) is 5.75 Å². The van der Waals surface area contributed by atoms with Gasteiger partial charge in [-0.1, -0.05) is 12.1 Å². The van der Waals surface area contributed by atoms with E-state index in [9.17, 15) is 9.59 Å². The SMILES string of the molecule is COc1ccc(C)cc1-n1c(C)cc(/C=N/NC(=O)C(=O)Nc2ccc(C)c(C)c2)c1C. The second kappa shape index (κ2) is 9.51. The van der Waals surface area contributed by atoms with Crippen LogP contribution in [0.4, 0.5) is 5.69 Å². The molecule has 1 heterocycles. The lowest BCUT2D eigenvalue weighted by atomic mass is 10.1. The number of hydrogen-bond donors (Lipinski definition) is 2. The van der Waals surface area contributed by atoms with Crippen molar-refractivity contribution in [1.82, 2.24) is 9.99 Å². The predicted molar refractivity (Wildman–Crippen MR) is 127 cm³/mol. The number of aryl methyl sites for hydroxylation is 4. The molecule has 0 saturated heterocycles. The van der Waals surface area contributed by atoms with Gasteiger partial charge in [0.05, 0.1) is 19.0 Å². The van der Waals surface area contributed by atoms with Gasteiger partial charge in [-0.15, -0.1) is 0 Å². The number of nitrogens with zero attached hydrogens (tertiary/aromatic N) is 2. The Bertz CT molecular complexity index is 1210. The van der Waals surface area contributed by atoms with E-state index in [2.05, 4.69) is 26.5 Å². The van der Waals surface area contributed by atoms with Crippen LogP contribution in [0, 0.1) is 34.6 Å². The van der Waals surface area contributed by atoms with Gasteiger partial charge in [0.2, 0.25) is 0 Å². The Balaban J connectivity index is 1.73. The smallest absolute Gasteiger partial charge is 0.329 e. The van der Waals surface area contributed by atoms with Gasteiger partial charge < -0.3 is 14.6 Å². The van der Waals surface area contributed by atoms with Crippen LogP contribution < -0.4 is 15.5 Å². The summed E-state index contributed by atoms with van der Waals surface area (Å²) in [7, 11) is 1.64. The minimum absolute atomic E-state index is 0.563. The van der Waals surface area contributed by atoms with Gasteiger partial charge in [-0.25, -0.2) is 5.43 Å². The number of nitrogens with one attached hydrogen (secondary N) is 2. The molecule has 3 aromatic rings. The maximum Gasteiger partial charge on any atom is 0.329 e. The molecule has 0 aliphatic heterocycles. The largest absolute Gasteiger partial charge is 0.495 e. The minimum atomic E-state index is -0.839. The first-order chi connectivity index (χ1) is 15.2. The van der Waals surface area contributed by atoms with Crippen LogP contribution in [0.15, 0.2) is 47.6 Å². The molecule has 0 atom stereocenters. The zero-order valence-electron chi connectivity index (χ0n) is 19.2. The second-order valence-electron chi connectivity index (χ2n) is 7.79. The summed E-state index contributed by atoms with van der Waals surface area (Å²) in [4.78, 5) is 24.3. The number of rotatable bonds is 5. The van der Waals surface area contributed by atoms with Crippen molar-refractivity contribution < 1.29 is 14.3 Å². The molecule has 2 N–H and O–H groups in total. The molecule has 0 unspecified atom stereocenters. The van der Waals surface area contributed by atoms with Crippen molar-refractivity contribution in [2.75, 3.05) is 12.4 Å². The summed E-state index contributed by atoms with van der Waals surface area (Å²) in [5, 5.41) is 6.55. The molecule has 3 rings (SSSR count). The molecule has 7 heteroatoms. The van der Waals surface area contributed by atoms with Crippen LogP contribution >= 0.6 is 0 Å². The Kier molecular flexibility index (Phi) is 6.78. The standard InChI is InChI=1S/C25H28N4O3/c1-15-7-10-23(32-6)22(11-15)29-18(4)13-20(19(29)5)14-26-28-25(31)24(30)27-21-9-8-16(2)17(3)12-21/h7-14H,1-6H3,(H,27,30)(H,28,31)/b26-14+. The predicted octanol–water partition coefficient (Wildman–Crippen LogP) is 4.12. The molecule has 2 amide bonds. The van der Waals surface area contributed by atoms with Crippen molar-refractivity contribution in [3.05, 3.63) is 76.1 Å². The van der Waals surface area contributed by atoms with Crippen molar-refractivity contribution in [3.63, 3.8) is 0 Å². The first kappa shape index (κ1) is 22.8. The highest BCUT2D eigenvalue weighted by Gasteiger charge is 2.15. The number of anilines is 1.